The quantitative estimate of drug-likeness (QED) is 0.670. The van der Waals surface area contributed by atoms with Crippen molar-refractivity contribution in [1.29, 1.82) is 0 Å². The van der Waals surface area contributed by atoms with Crippen molar-refractivity contribution in [3.05, 3.63) is 23.5 Å². The molecule has 4 heteroatoms. The Morgan fingerprint density at radius 1 is 1.31 bits per heavy atom. The first-order chi connectivity index (χ1) is 6.22. The van der Waals surface area contributed by atoms with E-state index in [0.717, 1.165) is 0 Å². The van der Waals surface area contributed by atoms with Crippen molar-refractivity contribution in [2.45, 2.75) is 0 Å². The van der Waals surface area contributed by atoms with Crippen LogP contribution in [0.4, 0.5) is 4.39 Å². The lowest BCUT2D eigenvalue weighted by Gasteiger charge is -2.06. The van der Waals surface area contributed by atoms with E-state index in [1.54, 1.807) is 0 Å². The second kappa shape index (κ2) is 3.89. The fourth-order valence-electron chi connectivity index (χ4n) is 0.945. The van der Waals surface area contributed by atoms with Crippen molar-refractivity contribution >= 4 is 6.29 Å². The number of aldehydes is 1. The number of carbonyl (C=O) groups is 1. The maximum absolute atomic E-state index is 13.2. The minimum absolute atomic E-state index is 0.00134. The van der Waals surface area contributed by atoms with Crippen LogP contribution in [0.3, 0.4) is 0 Å². The molecule has 1 rings (SSSR count). The van der Waals surface area contributed by atoms with Crippen LogP contribution in [0, 0.1) is 5.82 Å². The van der Waals surface area contributed by atoms with Crippen LogP contribution < -0.4 is 9.47 Å². The topological polar surface area (TPSA) is 35.5 Å². The van der Waals surface area contributed by atoms with E-state index in [0.29, 0.717) is 12.0 Å². The smallest absolute Gasteiger partial charge is 0.175 e. The fourth-order valence-corrected chi connectivity index (χ4v) is 0.945. The molecule has 0 heterocycles. The van der Waals surface area contributed by atoms with Gasteiger partial charge < -0.3 is 9.47 Å². The van der Waals surface area contributed by atoms with Crippen LogP contribution in [0.2, 0.25) is 0 Å². The van der Waals surface area contributed by atoms with Gasteiger partial charge in [-0.05, 0) is 6.07 Å². The normalized spacial score (nSPS) is 9.46. The largest absolute Gasteiger partial charge is 0.497 e. The van der Waals surface area contributed by atoms with Crippen molar-refractivity contribution in [2.24, 2.45) is 0 Å². The molecule has 0 saturated carbocycles. The van der Waals surface area contributed by atoms with E-state index in [9.17, 15) is 9.18 Å². The summed E-state index contributed by atoms with van der Waals surface area (Å²) in [7, 11) is 2.76. The number of halogens is 1. The van der Waals surface area contributed by atoms with Gasteiger partial charge in [0.05, 0.1) is 19.8 Å². The SMILES string of the molecule is COc1cc(C=O)c(F)c(OC)c1. The highest BCUT2D eigenvalue weighted by Crippen LogP contribution is 2.25. The summed E-state index contributed by atoms with van der Waals surface area (Å²) in [5, 5.41) is 0. The van der Waals surface area contributed by atoms with Gasteiger partial charge in [-0.2, -0.15) is 0 Å². The second-order valence-electron chi connectivity index (χ2n) is 2.35. The molecule has 0 amide bonds. The summed E-state index contributed by atoms with van der Waals surface area (Å²) < 4.78 is 22.7. The van der Waals surface area contributed by atoms with Gasteiger partial charge in [0.15, 0.2) is 17.9 Å². The molecule has 0 N–H and O–H groups in total. The standard InChI is InChI=1S/C9H9FO3/c1-12-7-3-6(5-11)9(10)8(4-7)13-2/h3-5H,1-2H3. The summed E-state index contributed by atoms with van der Waals surface area (Å²) in [6, 6.07) is 2.69. The number of ether oxygens (including phenoxy) is 2. The van der Waals surface area contributed by atoms with Crippen molar-refractivity contribution < 1.29 is 18.7 Å². The number of carbonyl (C=O) groups excluding carboxylic acids is 1. The Kier molecular flexibility index (Phi) is 2.84. The molecule has 0 atom stereocenters. The number of hydrogen-bond acceptors (Lipinski definition) is 3. The molecule has 1 aromatic rings. The van der Waals surface area contributed by atoms with Crippen LogP contribution in [-0.2, 0) is 0 Å². The Labute approximate surface area is 75.1 Å². The van der Waals surface area contributed by atoms with Crippen molar-refractivity contribution in [3.63, 3.8) is 0 Å². The number of rotatable bonds is 3. The summed E-state index contributed by atoms with van der Waals surface area (Å²) in [4.78, 5) is 10.4. The summed E-state index contributed by atoms with van der Waals surface area (Å²) in [5.74, 6) is -0.278. The van der Waals surface area contributed by atoms with Gasteiger partial charge in [-0.3, -0.25) is 4.79 Å². The Hall–Kier alpha value is -1.58. The molecule has 0 aliphatic heterocycles. The van der Waals surface area contributed by atoms with Crippen molar-refractivity contribution in [3.8, 4) is 11.5 Å². The van der Waals surface area contributed by atoms with Crippen LogP contribution >= 0.6 is 0 Å². The van der Waals surface area contributed by atoms with Gasteiger partial charge in [0.25, 0.3) is 0 Å². The van der Waals surface area contributed by atoms with E-state index < -0.39 is 5.82 Å². The molecule has 0 aliphatic rings. The molecule has 3 nitrogen and oxygen atoms in total. The van der Waals surface area contributed by atoms with Gasteiger partial charge >= 0.3 is 0 Å². The minimum atomic E-state index is -0.668. The summed E-state index contributed by atoms with van der Waals surface area (Å²) in [5.41, 5.74) is -0.0730. The molecule has 0 spiro atoms. The Balaban J connectivity index is 3.28. The van der Waals surface area contributed by atoms with E-state index in [1.165, 1.54) is 26.4 Å². The van der Waals surface area contributed by atoms with Gasteiger partial charge in [-0.1, -0.05) is 0 Å². The summed E-state index contributed by atoms with van der Waals surface area (Å²) >= 11 is 0. The molecule has 0 saturated heterocycles. The van der Waals surface area contributed by atoms with E-state index in [4.69, 9.17) is 9.47 Å². The minimum Gasteiger partial charge on any atom is -0.497 e. The third-order valence-corrected chi connectivity index (χ3v) is 1.62. The number of hydrogen-bond donors (Lipinski definition) is 0. The van der Waals surface area contributed by atoms with Crippen LogP contribution in [0.1, 0.15) is 10.4 Å². The van der Waals surface area contributed by atoms with Crippen molar-refractivity contribution in [1.82, 2.24) is 0 Å². The first-order valence-corrected chi connectivity index (χ1v) is 3.59. The monoisotopic (exact) mass is 184 g/mol. The summed E-state index contributed by atoms with van der Waals surface area (Å²) in [6.45, 7) is 0. The Morgan fingerprint density at radius 2 is 2.00 bits per heavy atom. The first kappa shape index (κ1) is 9.51. The van der Waals surface area contributed by atoms with Gasteiger partial charge in [-0.15, -0.1) is 0 Å². The average Bonchev–Trinajstić information content (AvgIpc) is 2.18. The molecular formula is C9H9FO3. The summed E-state index contributed by atoms with van der Waals surface area (Å²) in [6.07, 6.45) is 0.417. The number of methoxy groups -OCH3 is 2. The van der Waals surface area contributed by atoms with Gasteiger partial charge in [0, 0.05) is 6.07 Å². The van der Waals surface area contributed by atoms with Crippen LogP contribution in [0.15, 0.2) is 12.1 Å². The second-order valence-corrected chi connectivity index (χ2v) is 2.35. The molecule has 1 aromatic carbocycles. The number of benzene rings is 1. The van der Waals surface area contributed by atoms with Crippen LogP contribution in [0.25, 0.3) is 0 Å². The highest BCUT2D eigenvalue weighted by Gasteiger charge is 2.10. The first-order valence-electron chi connectivity index (χ1n) is 3.59. The zero-order valence-corrected chi connectivity index (χ0v) is 7.33. The molecule has 0 radical (unpaired) electrons. The zero-order valence-electron chi connectivity index (χ0n) is 7.33. The highest BCUT2D eigenvalue weighted by atomic mass is 19.1. The van der Waals surface area contributed by atoms with E-state index in [1.807, 2.05) is 0 Å². The van der Waals surface area contributed by atoms with E-state index >= 15 is 0 Å². The molecule has 0 bridgehead atoms. The van der Waals surface area contributed by atoms with Gasteiger partial charge in [0.2, 0.25) is 0 Å². The molecule has 0 unspecified atom stereocenters. The third kappa shape index (κ3) is 1.77. The zero-order chi connectivity index (χ0) is 9.84. The maximum atomic E-state index is 13.2. The Morgan fingerprint density at radius 3 is 2.46 bits per heavy atom. The fraction of sp³-hybridized carbons (Fsp3) is 0.222. The predicted molar refractivity (Wildman–Crippen MR) is 44.9 cm³/mol. The lowest BCUT2D eigenvalue weighted by Crippen LogP contribution is -1.95. The van der Waals surface area contributed by atoms with Gasteiger partial charge in [-0.25, -0.2) is 4.39 Å². The highest BCUT2D eigenvalue weighted by molar-refractivity contribution is 5.77. The molecule has 13 heavy (non-hydrogen) atoms. The van der Waals surface area contributed by atoms with E-state index in [-0.39, 0.29) is 11.3 Å². The van der Waals surface area contributed by atoms with Gasteiger partial charge in [0.1, 0.15) is 5.75 Å². The molecular weight excluding hydrogens is 175 g/mol. The predicted octanol–water partition coefficient (Wildman–Crippen LogP) is 1.66. The van der Waals surface area contributed by atoms with E-state index in [2.05, 4.69) is 0 Å². The third-order valence-electron chi connectivity index (χ3n) is 1.62. The molecule has 0 aliphatic carbocycles. The van der Waals surface area contributed by atoms with Crippen molar-refractivity contribution in [2.75, 3.05) is 14.2 Å². The maximum Gasteiger partial charge on any atom is 0.175 e. The average molecular weight is 184 g/mol. The lowest BCUT2D eigenvalue weighted by molar-refractivity contribution is 0.111. The van der Waals surface area contributed by atoms with Crippen LogP contribution in [0.5, 0.6) is 11.5 Å². The Bertz CT molecular complexity index is 323. The molecule has 70 valence electrons. The molecule has 0 fully saturated rings. The lowest BCUT2D eigenvalue weighted by atomic mass is 10.2. The molecule has 0 aromatic heterocycles. The van der Waals surface area contributed by atoms with Crippen LogP contribution in [-0.4, -0.2) is 20.5 Å².